The molecule has 1 aliphatic carbocycles. The van der Waals surface area contributed by atoms with Crippen LogP contribution >= 0.6 is 0 Å². The highest BCUT2D eigenvalue weighted by molar-refractivity contribution is 5.78. The zero-order chi connectivity index (χ0) is 16.5. The highest BCUT2D eigenvalue weighted by Gasteiger charge is 2.21. The van der Waals surface area contributed by atoms with Crippen LogP contribution in [-0.4, -0.2) is 27.6 Å². The first kappa shape index (κ1) is 14.9. The van der Waals surface area contributed by atoms with Gasteiger partial charge in [-0.1, -0.05) is 18.9 Å². The van der Waals surface area contributed by atoms with E-state index in [1.807, 2.05) is 36.5 Å². The molecule has 2 heterocycles. The minimum Gasteiger partial charge on any atom is -0.504 e. The van der Waals surface area contributed by atoms with Gasteiger partial charge < -0.3 is 15.2 Å². The second-order valence-corrected chi connectivity index (χ2v) is 6.25. The third kappa shape index (κ3) is 2.56. The van der Waals surface area contributed by atoms with Crippen LogP contribution in [0.4, 0.5) is 5.82 Å². The molecule has 0 spiro atoms. The molecule has 5 nitrogen and oxygen atoms in total. The molecule has 5 heteroatoms. The molecule has 2 aromatic heterocycles. The molecule has 1 aliphatic rings. The summed E-state index contributed by atoms with van der Waals surface area (Å²) in [5.41, 5.74) is 2.71. The number of phenols is 1. The summed E-state index contributed by atoms with van der Waals surface area (Å²) in [5, 5.41) is 13.5. The van der Waals surface area contributed by atoms with Gasteiger partial charge in [0.05, 0.1) is 7.11 Å². The maximum absolute atomic E-state index is 9.85. The number of nitrogens with one attached hydrogen (secondary N) is 1. The standard InChI is InChI=1S/C19H21N3O2/c1-24-16-12-13(9-10-15(16)23)18-19(20-14-6-2-3-7-14)22-11-5-4-8-17(22)21-18/h4-5,8-12,14,20,23H,2-3,6-7H2,1H3. The van der Waals surface area contributed by atoms with Gasteiger partial charge in [-0.25, -0.2) is 4.98 Å². The Bertz CT molecular complexity index is 866. The van der Waals surface area contributed by atoms with E-state index in [4.69, 9.17) is 9.72 Å². The average molecular weight is 323 g/mol. The van der Waals surface area contributed by atoms with Gasteiger partial charge >= 0.3 is 0 Å². The van der Waals surface area contributed by atoms with E-state index >= 15 is 0 Å². The van der Waals surface area contributed by atoms with Crippen LogP contribution in [0.2, 0.25) is 0 Å². The Morgan fingerprint density at radius 3 is 2.83 bits per heavy atom. The number of pyridine rings is 1. The number of imidazole rings is 1. The van der Waals surface area contributed by atoms with Crippen LogP contribution in [-0.2, 0) is 0 Å². The lowest BCUT2D eigenvalue weighted by Crippen LogP contribution is -2.16. The summed E-state index contributed by atoms with van der Waals surface area (Å²) in [7, 11) is 1.56. The molecule has 124 valence electrons. The smallest absolute Gasteiger partial charge is 0.161 e. The Balaban J connectivity index is 1.84. The third-order valence-electron chi connectivity index (χ3n) is 4.68. The van der Waals surface area contributed by atoms with Crippen molar-refractivity contribution in [3.8, 4) is 22.8 Å². The summed E-state index contributed by atoms with van der Waals surface area (Å²) in [6.45, 7) is 0. The van der Waals surface area contributed by atoms with E-state index in [-0.39, 0.29) is 5.75 Å². The second-order valence-electron chi connectivity index (χ2n) is 6.25. The Morgan fingerprint density at radius 1 is 1.21 bits per heavy atom. The molecule has 0 unspecified atom stereocenters. The van der Waals surface area contributed by atoms with Gasteiger partial charge in [-0.15, -0.1) is 0 Å². The molecule has 24 heavy (non-hydrogen) atoms. The molecule has 1 saturated carbocycles. The number of anilines is 1. The highest BCUT2D eigenvalue weighted by Crippen LogP contribution is 2.36. The molecule has 3 aromatic rings. The number of hydrogen-bond acceptors (Lipinski definition) is 4. The van der Waals surface area contributed by atoms with E-state index in [0.717, 1.165) is 22.7 Å². The molecule has 0 amide bonds. The van der Waals surface area contributed by atoms with Crippen molar-refractivity contribution >= 4 is 11.5 Å². The number of aromatic nitrogens is 2. The number of methoxy groups -OCH3 is 1. The van der Waals surface area contributed by atoms with Crippen molar-refractivity contribution in [1.29, 1.82) is 0 Å². The van der Waals surface area contributed by atoms with Crippen LogP contribution < -0.4 is 10.1 Å². The van der Waals surface area contributed by atoms with Gasteiger partial charge in [0.2, 0.25) is 0 Å². The van der Waals surface area contributed by atoms with Crippen molar-refractivity contribution in [2.24, 2.45) is 0 Å². The molecule has 1 fully saturated rings. The van der Waals surface area contributed by atoms with Gasteiger partial charge in [-0.2, -0.15) is 0 Å². The van der Waals surface area contributed by atoms with Gasteiger partial charge in [0.15, 0.2) is 11.5 Å². The van der Waals surface area contributed by atoms with Crippen LogP contribution in [0.1, 0.15) is 25.7 Å². The number of rotatable bonds is 4. The summed E-state index contributed by atoms with van der Waals surface area (Å²) in [4.78, 5) is 4.79. The summed E-state index contributed by atoms with van der Waals surface area (Å²) in [5.74, 6) is 1.59. The van der Waals surface area contributed by atoms with Crippen LogP contribution in [0, 0.1) is 0 Å². The number of phenolic OH excluding ortho intramolecular Hbond substituents is 1. The molecule has 0 atom stereocenters. The summed E-state index contributed by atoms with van der Waals surface area (Å²) in [6, 6.07) is 11.8. The fourth-order valence-corrected chi connectivity index (χ4v) is 3.42. The zero-order valence-electron chi connectivity index (χ0n) is 13.7. The van der Waals surface area contributed by atoms with Crippen molar-refractivity contribution in [2.45, 2.75) is 31.7 Å². The van der Waals surface area contributed by atoms with E-state index < -0.39 is 0 Å². The molecule has 0 bridgehead atoms. The quantitative estimate of drug-likeness (QED) is 0.760. The lowest BCUT2D eigenvalue weighted by Gasteiger charge is -2.15. The van der Waals surface area contributed by atoms with Crippen molar-refractivity contribution < 1.29 is 9.84 Å². The predicted octanol–water partition coefficient (Wildman–Crippen LogP) is 4.07. The fourth-order valence-electron chi connectivity index (χ4n) is 3.42. The lowest BCUT2D eigenvalue weighted by molar-refractivity contribution is 0.373. The van der Waals surface area contributed by atoms with Crippen molar-refractivity contribution in [2.75, 3.05) is 12.4 Å². The zero-order valence-corrected chi connectivity index (χ0v) is 13.7. The third-order valence-corrected chi connectivity index (χ3v) is 4.68. The van der Waals surface area contributed by atoms with Gasteiger partial charge in [0, 0.05) is 17.8 Å². The van der Waals surface area contributed by atoms with Crippen molar-refractivity contribution in [1.82, 2.24) is 9.38 Å². The number of nitrogens with zero attached hydrogens (tertiary/aromatic N) is 2. The highest BCUT2D eigenvalue weighted by atomic mass is 16.5. The largest absolute Gasteiger partial charge is 0.504 e. The van der Waals surface area contributed by atoms with Crippen LogP contribution in [0.3, 0.4) is 0 Å². The molecular weight excluding hydrogens is 302 g/mol. The monoisotopic (exact) mass is 323 g/mol. The van der Waals surface area contributed by atoms with E-state index in [1.165, 1.54) is 25.7 Å². The summed E-state index contributed by atoms with van der Waals surface area (Å²) >= 11 is 0. The molecule has 4 rings (SSSR count). The van der Waals surface area contributed by atoms with E-state index in [9.17, 15) is 5.11 Å². The fraction of sp³-hybridized carbons (Fsp3) is 0.316. The van der Waals surface area contributed by atoms with Gasteiger partial charge in [0.1, 0.15) is 17.2 Å². The molecule has 2 N–H and O–H groups in total. The Hall–Kier alpha value is -2.69. The Kier molecular flexibility index (Phi) is 3.76. The lowest BCUT2D eigenvalue weighted by atomic mass is 10.1. The van der Waals surface area contributed by atoms with Gasteiger partial charge in [-0.05, 0) is 43.2 Å². The van der Waals surface area contributed by atoms with Crippen LogP contribution in [0.25, 0.3) is 16.9 Å². The normalized spacial score (nSPS) is 15.0. The van der Waals surface area contributed by atoms with Crippen LogP contribution in [0.5, 0.6) is 11.5 Å². The predicted molar refractivity (Wildman–Crippen MR) is 94.7 cm³/mol. The average Bonchev–Trinajstić information content (AvgIpc) is 3.24. The van der Waals surface area contributed by atoms with Gasteiger partial charge in [-0.3, -0.25) is 4.40 Å². The Labute approximate surface area is 140 Å². The SMILES string of the molecule is COc1cc(-c2nc3ccccn3c2NC2CCCC2)ccc1O. The minimum absolute atomic E-state index is 0.135. The van der Waals surface area contributed by atoms with Crippen molar-refractivity contribution in [3.63, 3.8) is 0 Å². The number of ether oxygens (including phenoxy) is 1. The number of aromatic hydroxyl groups is 1. The molecule has 0 aliphatic heterocycles. The molecule has 0 radical (unpaired) electrons. The second kappa shape index (κ2) is 6.07. The van der Waals surface area contributed by atoms with Crippen LogP contribution in [0.15, 0.2) is 42.6 Å². The maximum Gasteiger partial charge on any atom is 0.161 e. The number of hydrogen-bond donors (Lipinski definition) is 2. The van der Waals surface area contributed by atoms with Crippen molar-refractivity contribution in [3.05, 3.63) is 42.6 Å². The Morgan fingerprint density at radius 2 is 2.04 bits per heavy atom. The number of fused-ring (bicyclic) bond motifs is 1. The first-order valence-electron chi connectivity index (χ1n) is 8.37. The van der Waals surface area contributed by atoms with Gasteiger partial charge in [0.25, 0.3) is 0 Å². The molecular formula is C19H21N3O2. The topological polar surface area (TPSA) is 58.8 Å². The van der Waals surface area contributed by atoms with E-state index in [1.54, 1.807) is 13.2 Å². The molecule has 1 aromatic carbocycles. The number of benzene rings is 1. The van der Waals surface area contributed by atoms with E-state index in [0.29, 0.717) is 11.8 Å². The maximum atomic E-state index is 9.85. The minimum atomic E-state index is 0.135. The summed E-state index contributed by atoms with van der Waals surface area (Å²) < 4.78 is 7.34. The first-order chi connectivity index (χ1) is 11.8. The van der Waals surface area contributed by atoms with E-state index in [2.05, 4.69) is 9.72 Å². The first-order valence-corrected chi connectivity index (χ1v) is 8.37. The summed E-state index contributed by atoms with van der Waals surface area (Å²) in [6.07, 6.45) is 6.96. The molecule has 0 saturated heterocycles.